The van der Waals surface area contributed by atoms with Crippen LogP contribution in [0.5, 0.6) is 0 Å². The van der Waals surface area contributed by atoms with Gasteiger partial charge in [0.25, 0.3) is 0 Å². The maximum absolute atomic E-state index is 12.2. The molecular formula is C16H20N6O. The first-order valence-electron chi connectivity index (χ1n) is 7.60. The minimum absolute atomic E-state index is 0.0208. The van der Waals surface area contributed by atoms with Gasteiger partial charge in [-0.1, -0.05) is 12.1 Å². The van der Waals surface area contributed by atoms with Crippen LogP contribution in [-0.4, -0.2) is 30.2 Å². The topological polar surface area (TPSA) is 77.6 Å². The molecule has 7 nitrogen and oxygen atoms in total. The number of hydrogen-bond donors (Lipinski definition) is 1. The number of aromatic nitrogens is 5. The van der Waals surface area contributed by atoms with Crippen LogP contribution in [0.15, 0.2) is 30.6 Å². The molecule has 23 heavy (non-hydrogen) atoms. The Labute approximate surface area is 134 Å². The summed E-state index contributed by atoms with van der Waals surface area (Å²) in [5, 5.41) is 10.8. The van der Waals surface area contributed by atoms with Crippen LogP contribution < -0.4 is 5.32 Å². The third kappa shape index (κ3) is 3.08. The van der Waals surface area contributed by atoms with Gasteiger partial charge in [-0.05, 0) is 19.1 Å². The van der Waals surface area contributed by atoms with Crippen molar-refractivity contribution in [2.75, 3.05) is 0 Å². The van der Waals surface area contributed by atoms with Gasteiger partial charge in [0.15, 0.2) is 0 Å². The largest absolute Gasteiger partial charge is 0.346 e. The third-order valence-corrected chi connectivity index (χ3v) is 3.97. The fourth-order valence-electron chi connectivity index (χ4n) is 2.69. The van der Waals surface area contributed by atoms with Crippen LogP contribution in [0.1, 0.15) is 31.0 Å². The van der Waals surface area contributed by atoms with Crippen LogP contribution >= 0.6 is 0 Å². The zero-order valence-electron chi connectivity index (χ0n) is 13.5. The number of carbonyl (C=O) groups excluding carboxylic acids is 1. The third-order valence-electron chi connectivity index (χ3n) is 3.97. The summed E-state index contributed by atoms with van der Waals surface area (Å²) in [6, 6.07) is 7.79. The first-order chi connectivity index (χ1) is 11.1. The number of amides is 1. The number of aryl methyl sites for hydroxylation is 3. The Bertz CT molecular complexity index is 834. The Hall–Kier alpha value is -2.70. The summed E-state index contributed by atoms with van der Waals surface area (Å²) in [4.78, 5) is 16.8. The van der Waals surface area contributed by atoms with Crippen LogP contribution in [0, 0.1) is 0 Å². The smallest absolute Gasteiger partial charge is 0.221 e. The first-order valence-corrected chi connectivity index (χ1v) is 7.60. The maximum Gasteiger partial charge on any atom is 0.221 e. The standard InChI is InChI=1S/C16H20N6O/c1-11(16-19-12-6-4-5-7-13(12)22(16)3)18-15(23)9-8-14-20-17-10-21(14)2/h4-7,10-11H,8-9H2,1-3H3,(H,18,23). The van der Waals surface area contributed by atoms with E-state index in [-0.39, 0.29) is 11.9 Å². The fourth-order valence-corrected chi connectivity index (χ4v) is 2.69. The van der Waals surface area contributed by atoms with Gasteiger partial charge in [0.1, 0.15) is 18.0 Å². The van der Waals surface area contributed by atoms with Crippen LogP contribution in [0.4, 0.5) is 0 Å². The van der Waals surface area contributed by atoms with Gasteiger partial charge in [0.05, 0.1) is 17.1 Å². The molecule has 1 N–H and O–H groups in total. The van der Waals surface area contributed by atoms with E-state index < -0.39 is 0 Å². The zero-order valence-corrected chi connectivity index (χ0v) is 13.5. The lowest BCUT2D eigenvalue weighted by Gasteiger charge is -2.13. The minimum atomic E-state index is -0.153. The van der Waals surface area contributed by atoms with Crippen molar-refractivity contribution >= 4 is 16.9 Å². The summed E-state index contributed by atoms with van der Waals surface area (Å²) >= 11 is 0. The molecule has 1 amide bonds. The predicted octanol–water partition coefficient (Wildman–Crippen LogP) is 1.51. The molecule has 0 saturated carbocycles. The molecule has 2 aromatic heterocycles. The second kappa shape index (κ2) is 6.20. The molecule has 3 rings (SSSR count). The molecule has 3 aromatic rings. The molecule has 0 aliphatic rings. The monoisotopic (exact) mass is 312 g/mol. The molecule has 1 atom stereocenters. The summed E-state index contributed by atoms with van der Waals surface area (Å²) in [6.07, 6.45) is 2.58. The quantitative estimate of drug-likeness (QED) is 0.774. The van der Waals surface area contributed by atoms with E-state index in [1.807, 2.05) is 54.4 Å². The number of hydrogen-bond acceptors (Lipinski definition) is 4. The summed E-state index contributed by atoms with van der Waals surface area (Å²) < 4.78 is 3.84. The van der Waals surface area contributed by atoms with E-state index in [0.717, 1.165) is 22.7 Å². The first kappa shape index (κ1) is 15.2. The Morgan fingerprint density at radius 3 is 2.78 bits per heavy atom. The molecule has 7 heteroatoms. The second-order valence-corrected chi connectivity index (χ2v) is 5.67. The lowest BCUT2D eigenvalue weighted by Crippen LogP contribution is -2.28. The van der Waals surface area contributed by atoms with E-state index >= 15 is 0 Å². The van der Waals surface area contributed by atoms with Crippen LogP contribution in [0.3, 0.4) is 0 Å². The lowest BCUT2D eigenvalue weighted by molar-refractivity contribution is -0.121. The number of nitrogens with zero attached hydrogens (tertiary/aromatic N) is 5. The molecule has 0 aliphatic carbocycles. The van der Waals surface area contributed by atoms with Crippen molar-refractivity contribution < 1.29 is 4.79 Å². The average molecular weight is 312 g/mol. The van der Waals surface area contributed by atoms with Gasteiger partial charge < -0.3 is 14.5 Å². The van der Waals surface area contributed by atoms with E-state index in [4.69, 9.17) is 0 Å². The SMILES string of the molecule is CC(NC(=O)CCc1nncn1C)c1nc2ccccc2n1C. The van der Waals surface area contributed by atoms with Crippen molar-refractivity contribution in [1.29, 1.82) is 0 Å². The predicted molar refractivity (Wildman–Crippen MR) is 86.6 cm³/mol. The van der Waals surface area contributed by atoms with Gasteiger partial charge in [-0.25, -0.2) is 4.98 Å². The van der Waals surface area contributed by atoms with Crippen LogP contribution in [0.25, 0.3) is 11.0 Å². The van der Waals surface area contributed by atoms with Crippen molar-refractivity contribution in [2.45, 2.75) is 25.8 Å². The molecule has 0 fully saturated rings. The van der Waals surface area contributed by atoms with E-state index in [2.05, 4.69) is 20.5 Å². The molecule has 0 spiro atoms. The highest BCUT2D eigenvalue weighted by Gasteiger charge is 2.16. The van der Waals surface area contributed by atoms with Gasteiger partial charge in [0.2, 0.25) is 5.91 Å². The summed E-state index contributed by atoms with van der Waals surface area (Å²) in [7, 11) is 3.84. The van der Waals surface area contributed by atoms with Crippen molar-refractivity contribution in [1.82, 2.24) is 29.6 Å². The Morgan fingerprint density at radius 1 is 1.30 bits per heavy atom. The number of imidazole rings is 1. The van der Waals surface area contributed by atoms with E-state index in [9.17, 15) is 4.79 Å². The van der Waals surface area contributed by atoms with E-state index in [0.29, 0.717) is 12.8 Å². The number of nitrogens with one attached hydrogen (secondary N) is 1. The van der Waals surface area contributed by atoms with Crippen LogP contribution in [0.2, 0.25) is 0 Å². The van der Waals surface area contributed by atoms with Gasteiger partial charge in [-0.15, -0.1) is 10.2 Å². The highest BCUT2D eigenvalue weighted by molar-refractivity contribution is 5.78. The molecule has 0 bridgehead atoms. The van der Waals surface area contributed by atoms with Crippen molar-refractivity contribution in [3.63, 3.8) is 0 Å². The van der Waals surface area contributed by atoms with Gasteiger partial charge in [-0.2, -0.15) is 0 Å². The Kier molecular flexibility index (Phi) is 4.10. The molecule has 2 heterocycles. The molecule has 0 radical (unpaired) electrons. The normalized spacial score (nSPS) is 12.5. The van der Waals surface area contributed by atoms with Crippen molar-refractivity contribution in [3.05, 3.63) is 42.2 Å². The highest BCUT2D eigenvalue weighted by atomic mass is 16.1. The highest BCUT2D eigenvalue weighted by Crippen LogP contribution is 2.19. The summed E-state index contributed by atoms with van der Waals surface area (Å²) in [6.45, 7) is 1.95. The Morgan fingerprint density at radius 2 is 2.09 bits per heavy atom. The average Bonchev–Trinajstić information content (AvgIpc) is 3.09. The molecule has 1 aromatic carbocycles. The summed E-state index contributed by atoms with van der Waals surface area (Å²) in [5.74, 6) is 1.63. The fraction of sp³-hybridized carbons (Fsp3) is 0.375. The van der Waals surface area contributed by atoms with E-state index in [1.54, 1.807) is 6.33 Å². The minimum Gasteiger partial charge on any atom is -0.346 e. The van der Waals surface area contributed by atoms with Crippen LogP contribution in [-0.2, 0) is 25.3 Å². The molecule has 120 valence electrons. The number of carbonyl (C=O) groups is 1. The number of para-hydroxylation sites is 2. The number of fused-ring (bicyclic) bond motifs is 1. The van der Waals surface area contributed by atoms with Gasteiger partial charge in [-0.3, -0.25) is 4.79 Å². The lowest BCUT2D eigenvalue weighted by atomic mass is 10.2. The zero-order chi connectivity index (χ0) is 16.4. The van der Waals surface area contributed by atoms with E-state index in [1.165, 1.54) is 0 Å². The molecule has 0 aliphatic heterocycles. The molecule has 1 unspecified atom stereocenters. The second-order valence-electron chi connectivity index (χ2n) is 5.67. The number of rotatable bonds is 5. The van der Waals surface area contributed by atoms with Crippen molar-refractivity contribution in [3.8, 4) is 0 Å². The number of benzene rings is 1. The summed E-state index contributed by atoms with van der Waals surface area (Å²) in [5.41, 5.74) is 1.99. The van der Waals surface area contributed by atoms with Crippen molar-refractivity contribution in [2.24, 2.45) is 14.1 Å². The maximum atomic E-state index is 12.2. The molecule has 0 saturated heterocycles. The van der Waals surface area contributed by atoms with Gasteiger partial charge >= 0.3 is 0 Å². The Balaban J connectivity index is 1.65. The molecular weight excluding hydrogens is 292 g/mol. The van der Waals surface area contributed by atoms with Gasteiger partial charge in [0, 0.05) is 26.9 Å².